The summed E-state index contributed by atoms with van der Waals surface area (Å²) in [6.07, 6.45) is 1.60. The number of aromatic nitrogens is 1. The molecule has 0 bridgehead atoms. The van der Waals surface area contributed by atoms with Crippen molar-refractivity contribution in [2.75, 3.05) is 33.3 Å². The first kappa shape index (κ1) is 17.0. The van der Waals surface area contributed by atoms with Gasteiger partial charge in [-0.05, 0) is 43.3 Å². The number of carbonyl (C=O) groups excluding carboxylic acids is 2. The zero-order chi connectivity index (χ0) is 17.8. The molecular weight excluding hydrogens is 318 g/mol. The second-order valence-electron chi connectivity index (χ2n) is 6.00. The third-order valence-corrected chi connectivity index (χ3v) is 4.35. The van der Waals surface area contributed by atoms with Crippen LogP contribution in [0.5, 0.6) is 5.75 Å². The van der Waals surface area contributed by atoms with Crippen LogP contribution in [0.3, 0.4) is 0 Å². The molecule has 0 aliphatic carbocycles. The van der Waals surface area contributed by atoms with Gasteiger partial charge in [0.15, 0.2) is 0 Å². The second-order valence-corrected chi connectivity index (χ2v) is 6.00. The predicted octanol–water partition coefficient (Wildman–Crippen LogP) is 2.00. The van der Waals surface area contributed by atoms with E-state index in [4.69, 9.17) is 4.74 Å². The molecule has 25 heavy (non-hydrogen) atoms. The first-order valence-corrected chi connectivity index (χ1v) is 8.24. The van der Waals surface area contributed by atoms with Crippen LogP contribution in [-0.4, -0.2) is 59.9 Å². The molecule has 0 unspecified atom stereocenters. The van der Waals surface area contributed by atoms with E-state index >= 15 is 0 Å². The largest absolute Gasteiger partial charge is 0.497 e. The van der Waals surface area contributed by atoms with Crippen molar-refractivity contribution in [1.82, 2.24) is 14.8 Å². The Morgan fingerprint density at radius 2 is 1.40 bits per heavy atom. The zero-order valence-electron chi connectivity index (χ0n) is 14.4. The highest BCUT2D eigenvalue weighted by Gasteiger charge is 2.25. The number of amides is 2. The highest BCUT2D eigenvalue weighted by atomic mass is 16.5. The standard InChI is InChI=1S/C19H21N3O3/c1-14-3-4-16(13-20-14)19(24)22-11-9-21(10-12-22)18(23)15-5-7-17(25-2)8-6-15/h3-8,13H,9-12H2,1-2H3. The van der Waals surface area contributed by atoms with Crippen LogP contribution in [0.1, 0.15) is 26.4 Å². The lowest BCUT2D eigenvalue weighted by molar-refractivity contribution is 0.0535. The Bertz CT molecular complexity index is 748. The summed E-state index contributed by atoms with van der Waals surface area (Å²) in [6.45, 7) is 3.98. The molecule has 0 saturated carbocycles. The number of hydrogen-bond donors (Lipinski definition) is 0. The highest BCUT2D eigenvalue weighted by Crippen LogP contribution is 2.15. The molecule has 1 fully saturated rings. The Balaban J connectivity index is 1.60. The van der Waals surface area contributed by atoms with Crippen LogP contribution in [0.2, 0.25) is 0 Å². The maximum atomic E-state index is 12.6. The van der Waals surface area contributed by atoms with Crippen molar-refractivity contribution in [2.45, 2.75) is 6.92 Å². The fraction of sp³-hybridized carbons (Fsp3) is 0.316. The summed E-state index contributed by atoms with van der Waals surface area (Å²) in [5.74, 6) is 0.662. The normalized spacial score (nSPS) is 14.3. The Labute approximate surface area is 147 Å². The smallest absolute Gasteiger partial charge is 0.255 e. The lowest BCUT2D eigenvalue weighted by Gasteiger charge is -2.34. The fourth-order valence-corrected chi connectivity index (χ4v) is 2.81. The molecule has 1 aliphatic heterocycles. The minimum Gasteiger partial charge on any atom is -0.497 e. The maximum absolute atomic E-state index is 12.6. The zero-order valence-corrected chi connectivity index (χ0v) is 14.4. The van der Waals surface area contributed by atoms with Gasteiger partial charge in [0.2, 0.25) is 0 Å². The molecule has 0 atom stereocenters. The summed E-state index contributed by atoms with van der Waals surface area (Å²) < 4.78 is 5.11. The van der Waals surface area contributed by atoms with E-state index in [9.17, 15) is 9.59 Å². The maximum Gasteiger partial charge on any atom is 0.255 e. The third kappa shape index (κ3) is 3.79. The molecule has 2 heterocycles. The highest BCUT2D eigenvalue weighted by molar-refractivity contribution is 5.96. The first-order chi connectivity index (χ1) is 12.1. The van der Waals surface area contributed by atoms with Gasteiger partial charge in [-0.25, -0.2) is 0 Å². The van der Waals surface area contributed by atoms with Gasteiger partial charge in [0.1, 0.15) is 5.75 Å². The summed E-state index contributed by atoms with van der Waals surface area (Å²) >= 11 is 0. The number of benzene rings is 1. The minimum absolute atomic E-state index is 0.0215. The molecule has 1 saturated heterocycles. The van der Waals surface area contributed by atoms with E-state index in [0.717, 1.165) is 11.4 Å². The van der Waals surface area contributed by atoms with E-state index in [1.165, 1.54) is 0 Å². The molecular formula is C19H21N3O3. The molecule has 1 aromatic heterocycles. The fourth-order valence-electron chi connectivity index (χ4n) is 2.81. The molecule has 1 aliphatic rings. The van der Waals surface area contributed by atoms with E-state index < -0.39 is 0 Å². The van der Waals surface area contributed by atoms with Gasteiger partial charge in [-0.15, -0.1) is 0 Å². The average Bonchev–Trinajstić information content (AvgIpc) is 2.67. The number of carbonyl (C=O) groups is 2. The van der Waals surface area contributed by atoms with E-state index in [-0.39, 0.29) is 11.8 Å². The molecule has 0 radical (unpaired) electrons. The molecule has 2 aromatic rings. The summed E-state index contributed by atoms with van der Waals surface area (Å²) in [4.78, 5) is 32.8. The van der Waals surface area contributed by atoms with Crippen LogP contribution >= 0.6 is 0 Å². The van der Waals surface area contributed by atoms with E-state index in [1.807, 2.05) is 13.0 Å². The Kier molecular flexibility index (Phi) is 4.97. The number of pyridine rings is 1. The molecule has 6 heteroatoms. The van der Waals surface area contributed by atoms with Crippen LogP contribution < -0.4 is 4.74 Å². The van der Waals surface area contributed by atoms with Gasteiger partial charge in [0, 0.05) is 43.6 Å². The first-order valence-electron chi connectivity index (χ1n) is 8.24. The van der Waals surface area contributed by atoms with Crippen LogP contribution in [0.15, 0.2) is 42.6 Å². The molecule has 130 valence electrons. The number of rotatable bonds is 3. The van der Waals surface area contributed by atoms with E-state index in [2.05, 4.69) is 4.98 Å². The third-order valence-electron chi connectivity index (χ3n) is 4.35. The van der Waals surface area contributed by atoms with Gasteiger partial charge in [-0.1, -0.05) is 0 Å². The number of hydrogen-bond acceptors (Lipinski definition) is 4. The molecule has 6 nitrogen and oxygen atoms in total. The number of aryl methyl sites for hydroxylation is 1. The van der Waals surface area contributed by atoms with Crippen molar-refractivity contribution >= 4 is 11.8 Å². The van der Waals surface area contributed by atoms with Crippen LogP contribution in [0.4, 0.5) is 0 Å². The van der Waals surface area contributed by atoms with Gasteiger partial charge in [-0.2, -0.15) is 0 Å². The van der Waals surface area contributed by atoms with E-state index in [1.54, 1.807) is 53.4 Å². The number of methoxy groups -OCH3 is 1. The molecule has 3 rings (SSSR count). The summed E-state index contributed by atoms with van der Waals surface area (Å²) in [7, 11) is 1.59. The van der Waals surface area contributed by atoms with Gasteiger partial charge in [-0.3, -0.25) is 14.6 Å². The average molecular weight is 339 g/mol. The molecule has 1 aromatic carbocycles. The van der Waals surface area contributed by atoms with Crippen molar-refractivity contribution in [3.05, 3.63) is 59.4 Å². The van der Waals surface area contributed by atoms with Gasteiger partial charge < -0.3 is 14.5 Å². The topological polar surface area (TPSA) is 62.7 Å². The van der Waals surface area contributed by atoms with Crippen molar-refractivity contribution in [3.63, 3.8) is 0 Å². The second kappa shape index (κ2) is 7.34. The molecule has 2 amide bonds. The SMILES string of the molecule is COc1ccc(C(=O)N2CCN(C(=O)c3ccc(C)nc3)CC2)cc1. The van der Waals surface area contributed by atoms with Crippen molar-refractivity contribution in [2.24, 2.45) is 0 Å². The van der Waals surface area contributed by atoms with Gasteiger partial charge >= 0.3 is 0 Å². The van der Waals surface area contributed by atoms with Gasteiger partial charge in [0.05, 0.1) is 12.7 Å². The van der Waals surface area contributed by atoms with Crippen molar-refractivity contribution < 1.29 is 14.3 Å². The Hall–Kier alpha value is -2.89. The lowest BCUT2D eigenvalue weighted by Crippen LogP contribution is -2.50. The number of ether oxygens (including phenoxy) is 1. The van der Waals surface area contributed by atoms with E-state index in [0.29, 0.717) is 37.3 Å². The number of piperazine rings is 1. The van der Waals surface area contributed by atoms with Crippen LogP contribution in [-0.2, 0) is 0 Å². The molecule has 0 spiro atoms. The van der Waals surface area contributed by atoms with Crippen molar-refractivity contribution in [1.29, 1.82) is 0 Å². The quantitative estimate of drug-likeness (QED) is 0.858. The predicted molar refractivity (Wildman–Crippen MR) is 93.8 cm³/mol. The Morgan fingerprint density at radius 3 is 1.88 bits per heavy atom. The van der Waals surface area contributed by atoms with Crippen LogP contribution in [0, 0.1) is 6.92 Å². The summed E-state index contributed by atoms with van der Waals surface area (Å²) in [5.41, 5.74) is 2.09. The summed E-state index contributed by atoms with van der Waals surface area (Å²) in [6, 6.07) is 10.7. The van der Waals surface area contributed by atoms with Gasteiger partial charge in [0.25, 0.3) is 11.8 Å². The van der Waals surface area contributed by atoms with Crippen LogP contribution in [0.25, 0.3) is 0 Å². The molecule has 0 N–H and O–H groups in total. The van der Waals surface area contributed by atoms with Crippen molar-refractivity contribution in [3.8, 4) is 5.75 Å². The monoisotopic (exact) mass is 339 g/mol. The lowest BCUT2D eigenvalue weighted by atomic mass is 10.1. The Morgan fingerprint density at radius 1 is 0.880 bits per heavy atom. The number of nitrogens with zero attached hydrogens (tertiary/aromatic N) is 3. The summed E-state index contributed by atoms with van der Waals surface area (Å²) in [5, 5.41) is 0. The minimum atomic E-state index is -0.0379.